The molecule has 0 radical (unpaired) electrons. The number of nitrogens with one attached hydrogen (secondary N) is 1. The van der Waals surface area contributed by atoms with Crippen LogP contribution in [0.15, 0.2) is 16.6 Å². The molecule has 0 atom stereocenters. The summed E-state index contributed by atoms with van der Waals surface area (Å²) in [5.41, 5.74) is 8.42. The second-order valence-corrected chi connectivity index (χ2v) is 6.65. The Morgan fingerprint density at radius 1 is 1.39 bits per heavy atom. The number of anilines is 2. The Balaban J connectivity index is 2.68. The van der Waals surface area contributed by atoms with Crippen LogP contribution in [-0.2, 0) is 4.79 Å². The molecule has 3 N–H and O–H groups in total. The number of halogens is 1. The van der Waals surface area contributed by atoms with Gasteiger partial charge < -0.3 is 11.1 Å². The first kappa shape index (κ1) is 15.0. The van der Waals surface area contributed by atoms with E-state index in [0.29, 0.717) is 12.1 Å². The van der Waals surface area contributed by atoms with Crippen molar-refractivity contribution in [3.8, 4) is 0 Å². The van der Waals surface area contributed by atoms with Crippen LogP contribution in [0.1, 0.15) is 39.2 Å². The van der Waals surface area contributed by atoms with E-state index < -0.39 is 0 Å². The SMILES string of the molecule is Cc1cc(Br)c(NC(=O)CCC(C)(C)C)cc1N. The number of aryl methyl sites for hydroxylation is 1. The molecule has 0 bridgehead atoms. The van der Waals surface area contributed by atoms with Crippen molar-refractivity contribution in [2.45, 2.75) is 40.5 Å². The van der Waals surface area contributed by atoms with Gasteiger partial charge in [-0.15, -0.1) is 0 Å². The number of rotatable bonds is 3. The number of benzene rings is 1. The largest absolute Gasteiger partial charge is 0.398 e. The molecule has 18 heavy (non-hydrogen) atoms. The number of amides is 1. The second-order valence-electron chi connectivity index (χ2n) is 5.80. The highest BCUT2D eigenvalue weighted by Gasteiger charge is 2.14. The zero-order valence-corrected chi connectivity index (χ0v) is 13.0. The lowest BCUT2D eigenvalue weighted by molar-refractivity contribution is -0.116. The van der Waals surface area contributed by atoms with Crippen molar-refractivity contribution < 1.29 is 4.79 Å². The number of carbonyl (C=O) groups is 1. The first-order chi connectivity index (χ1) is 8.19. The normalized spacial score (nSPS) is 11.4. The molecule has 0 unspecified atom stereocenters. The van der Waals surface area contributed by atoms with E-state index in [1.807, 2.05) is 13.0 Å². The van der Waals surface area contributed by atoms with Crippen LogP contribution in [0.3, 0.4) is 0 Å². The molecule has 0 aliphatic carbocycles. The third-order valence-electron chi connectivity index (χ3n) is 2.73. The summed E-state index contributed by atoms with van der Waals surface area (Å²) in [5.74, 6) is 0.0221. The summed E-state index contributed by atoms with van der Waals surface area (Å²) in [5, 5.41) is 2.89. The van der Waals surface area contributed by atoms with E-state index in [1.54, 1.807) is 6.07 Å². The highest BCUT2D eigenvalue weighted by atomic mass is 79.9. The van der Waals surface area contributed by atoms with Crippen LogP contribution >= 0.6 is 15.9 Å². The number of nitrogen functional groups attached to an aromatic ring is 1. The molecule has 0 fully saturated rings. The fraction of sp³-hybridized carbons (Fsp3) is 0.500. The summed E-state index contributed by atoms with van der Waals surface area (Å²) in [6.45, 7) is 8.31. The quantitative estimate of drug-likeness (QED) is 0.825. The van der Waals surface area contributed by atoms with Crippen molar-refractivity contribution in [2.75, 3.05) is 11.1 Å². The van der Waals surface area contributed by atoms with Crippen LogP contribution in [0.25, 0.3) is 0 Å². The lowest BCUT2D eigenvalue weighted by Crippen LogP contribution is -2.16. The van der Waals surface area contributed by atoms with Gasteiger partial charge in [0, 0.05) is 16.6 Å². The lowest BCUT2D eigenvalue weighted by Gasteiger charge is -2.17. The first-order valence-electron chi connectivity index (χ1n) is 6.04. The third kappa shape index (κ3) is 4.69. The van der Waals surface area contributed by atoms with Gasteiger partial charge in [-0.2, -0.15) is 0 Å². The predicted octanol–water partition coefficient (Wildman–Crippen LogP) is 4.10. The minimum atomic E-state index is 0.0221. The van der Waals surface area contributed by atoms with Crippen LogP contribution < -0.4 is 11.1 Å². The van der Waals surface area contributed by atoms with Crippen LogP contribution in [0.2, 0.25) is 0 Å². The Hall–Kier alpha value is -1.03. The van der Waals surface area contributed by atoms with Crippen LogP contribution in [0, 0.1) is 12.3 Å². The van der Waals surface area contributed by atoms with E-state index in [9.17, 15) is 4.79 Å². The summed E-state index contributed by atoms with van der Waals surface area (Å²) in [4.78, 5) is 11.8. The van der Waals surface area contributed by atoms with Crippen LogP contribution in [-0.4, -0.2) is 5.91 Å². The van der Waals surface area contributed by atoms with Crippen molar-refractivity contribution in [1.29, 1.82) is 0 Å². The molecule has 3 nitrogen and oxygen atoms in total. The van der Waals surface area contributed by atoms with Gasteiger partial charge in [-0.05, 0) is 52.4 Å². The fourth-order valence-electron chi connectivity index (χ4n) is 1.49. The average molecular weight is 313 g/mol. The summed E-state index contributed by atoms with van der Waals surface area (Å²) in [6, 6.07) is 3.70. The number of carbonyl (C=O) groups excluding carboxylic acids is 1. The molecular formula is C14H21BrN2O. The molecule has 0 aliphatic rings. The molecule has 1 rings (SSSR count). The molecule has 1 amide bonds. The topological polar surface area (TPSA) is 55.1 Å². The Kier molecular flexibility index (Phi) is 4.79. The first-order valence-corrected chi connectivity index (χ1v) is 6.84. The van der Waals surface area contributed by atoms with E-state index in [0.717, 1.165) is 22.1 Å². The summed E-state index contributed by atoms with van der Waals surface area (Å²) in [6.07, 6.45) is 1.38. The highest BCUT2D eigenvalue weighted by molar-refractivity contribution is 9.10. The zero-order valence-electron chi connectivity index (χ0n) is 11.4. The van der Waals surface area contributed by atoms with Gasteiger partial charge >= 0.3 is 0 Å². The van der Waals surface area contributed by atoms with E-state index in [1.165, 1.54) is 0 Å². The van der Waals surface area contributed by atoms with Gasteiger partial charge in [-0.3, -0.25) is 4.79 Å². The van der Waals surface area contributed by atoms with Gasteiger partial charge in [0.05, 0.1) is 5.69 Å². The smallest absolute Gasteiger partial charge is 0.224 e. The lowest BCUT2D eigenvalue weighted by atomic mass is 9.90. The molecular weight excluding hydrogens is 292 g/mol. The monoisotopic (exact) mass is 312 g/mol. The van der Waals surface area contributed by atoms with Crippen molar-refractivity contribution in [2.24, 2.45) is 5.41 Å². The molecule has 100 valence electrons. The Morgan fingerprint density at radius 3 is 2.56 bits per heavy atom. The molecule has 1 aromatic carbocycles. The van der Waals surface area contributed by atoms with Crippen molar-refractivity contribution in [3.05, 3.63) is 22.2 Å². The molecule has 4 heteroatoms. The standard InChI is InChI=1S/C14H21BrN2O/c1-9-7-10(15)12(8-11(9)16)17-13(18)5-6-14(2,3)4/h7-8H,5-6,16H2,1-4H3,(H,17,18). The zero-order chi connectivity index (χ0) is 13.9. The predicted molar refractivity (Wildman–Crippen MR) is 80.6 cm³/mol. The average Bonchev–Trinajstić information content (AvgIpc) is 2.22. The second kappa shape index (κ2) is 5.74. The van der Waals surface area contributed by atoms with Crippen LogP contribution in [0.4, 0.5) is 11.4 Å². The minimum absolute atomic E-state index is 0.0221. The molecule has 0 spiro atoms. The highest BCUT2D eigenvalue weighted by Crippen LogP contribution is 2.28. The van der Waals surface area contributed by atoms with Gasteiger partial charge in [-0.1, -0.05) is 20.8 Å². The van der Waals surface area contributed by atoms with Gasteiger partial charge in [-0.25, -0.2) is 0 Å². The molecule has 1 aromatic rings. The van der Waals surface area contributed by atoms with Gasteiger partial charge in [0.2, 0.25) is 5.91 Å². The molecule has 0 saturated heterocycles. The van der Waals surface area contributed by atoms with Crippen molar-refractivity contribution in [3.63, 3.8) is 0 Å². The van der Waals surface area contributed by atoms with Gasteiger partial charge in [0.15, 0.2) is 0 Å². The Bertz CT molecular complexity index is 450. The van der Waals surface area contributed by atoms with Gasteiger partial charge in [0.25, 0.3) is 0 Å². The van der Waals surface area contributed by atoms with Crippen molar-refractivity contribution >= 4 is 33.2 Å². The Labute approximate surface area is 117 Å². The number of hydrogen-bond donors (Lipinski definition) is 2. The maximum Gasteiger partial charge on any atom is 0.224 e. The van der Waals surface area contributed by atoms with E-state index >= 15 is 0 Å². The summed E-state index contributed by atoms with van der Waals surface area (Å²) in [7, 11) is 0. The fourth-order valence-corrected chi connectivity index (χ4v) is 2.04. The Morgan fingerprint density at radius 2 is 2.00 bits per heavy atom. The maximum absolute atomic E-state index is 11.8. The molecule has 0 aliphatic heterocycles. The minimum Gasteiger partial charge on any atom is -0.398 e. The van der Waals surface area contributed by atoms with E-state index in [-0.39, 0.29) is 11.3 Å². The van der Waals surface area contributed by atoms with Crippen LogP contribution in [0.5, 0.6) is 0 Å². The molecule has 0 heterocycles. The maximum atomic E-state index is 11.8. The number of hydrogen-bond acceptors (Lipinski definition) is 2. The number of nitrogens with two attached hydrogens (primary N) is 1. The molecule has 0 saturated carbocycles. The van der Waals surface area contributed by atoms with E-state index in [2.05, 4.69) is 42.0 Å². The van der Waals surface area contributed by atoms with Gasteiger partial charge in [0.1, 0.15) is 0 Å². The molecule has 0 aromatic heterocycles. The van der Waals surface area contributed by atoms with Crippen molar-refractivity contribution in [1.82, 2.24) is 0 Å². The summed E-state index contributed by atoms with van der Waals surface area (Å²) < 4.78 is 0.860. The third-order valence-corrected chi connectivity index (χ3v) is 3.39. The van der Waals surface area contributed by atoms with E-state index in [4.69, 9.17) is 5.73 Å². The summed E-state index contributed by atoms with van der Waals surface area (Å²) >= 11 is 3.43.